The number of Topliss-reactive ketones (excluding diaryl/α,β-unsaturated/α-hetero) is 1. The van der Waals surface area contributed by atoms with Crippen molar-refractivity contribution in [3.63, 3.8) is 0 Å². The van der Waals surface area contributed by atoms with Crippen LogP contribution in [0.15, 0.2) is 109 Å². The van der Waals surface area contributed by atoms with Crippen molar-refractivity contribution in [3.8, 4) is 11.5 Å². The summed E-state index contributed by atoms with van der Waals surface area (Å²) >= 11 is 0. The van der Waals surface area contributed by atoms with Crippen LogP contribution in [0.4, 0.5) is 4.39 Å². The molecule has 1 aliphatic heterocycles. The molecule has 5 rings (SSSR count). The van der Waals surface area contributed by atoms with E-state index in [4.69, 9.17) is 4.74 Å². The Morgan fingerprint density at radius 1 is 0.917 bits per heavy atom. The van der Waals surface area contributed by atoms with Gasteiger partial charge in [-0.2, -0.15) is 0 Å². The van der Waals surface area contributed by atoms with Crippen LogP contribution in [0.25, 0.3) is 5.76 Å². The van der Waals surface area contributed by atoms with Gasteiger partial charge < -0.3 is 14.7 Å². The first-order valence-electron chi connectivity index (χ1n) is 11.3. The Bertz CT molecular complexity index is 1440. The third-order valence-electron chi connectivity index (χ3n) is 5.89. The predicted octanol–water partition coefficient (Wildman–Crippen LogP) is 5.63. The van der Waals surface area contributed by atoms with Gasteiger partial charge in [0.15, 0.2) is 0 Å². The number of hydrogen-bond acceptors (Lipinski definition) is 5. The van der Waals surface area contributed by atoms with Gasteiger partial charge >= 0.3 is 0 Å². The van der Waals surface area contributed by atoms with Crippen LogP contribution in [0.5, 0.6) is 11.5 Å². The fourth-order valence-electron chi connectivity index (χ4n) is 4.21. The standard InChI is InChI=1S/C29H21FN2O4/c30-22-13-11-20(12-14-22)27(33)25-26(32(29(35)28(25)34)18-19-6-5-15-31-17-19)21-7-4-10-24(16-21)36-23-8-2-1-3-9-23/h1-17,26,33H,18H2/b27-25+. The van der Waals surface area contributed by atoms with Gasteiger partial charge in [0, 0.05) is 24.5 Å². The van der Waals surface area contributed by atoms with Gasteiger partial charge in [-0.1, -0.05) is 36.4 Å². The van der Waals surface area contributed by atoms with Crippen molar-refractivity contribution in [1.29, 1.82) is 0 Å². The van der Waals surface area contributed by atoms with Crippen molar-refractivity contribution in [3.05, 3.63) is 131 Å². The molecule has 0 saturated carbocycles. The van der Waals surface area contributed by atoms with Gasteiger partial charge in [-0.05, 0) is 65.7 Å². The van der Waals surface area contributed by atoms with E-state index in [1.807, 2.05) is 30.3 Å². The normalized spacial score (nSPS) is 16.8. The summed E-state index contributed by atoms with van der Waals surface area (Å²) in [6.45, 7) is 0.104. The number of para-hydroxylation sites is 1. The van der Waals surface area contributed by atoms with Crippen LogP contribution >= 0.6 is 0 Å². The second kappa shape index (κ2) is 9.84. The van der Waals surface area contributed by atoms with Crippen LogP contribution in [-0.2, 0) is 16.1 Å². The molecule has 4 aromatic rings. The average molecular weight is 480 g/mol. The number of halogens is 1. The van der Waals surface area contributed by atoms with Crippen molar-refractivity contribution in [2.45, 2.75) is 12.6 Å². The number of hydrogen-bond donors (Lipinski definition) is 1. The first-order chi connectivity index (χ1) is 17.5. The van der Waals surface area contributed by atoms with E-state index < -0.39 is 23.5 Å². The maximum absolute atomic E-state index is 13.5. The number of amides is 1. The minimum absolute atomic E-state index is 0.0765. The van der Waals surface area contributed by atoms with Crippen molar-refractivity contribution in [2.24, 2.45) is 0 Å². The molecule has 1 unspecified atom stereocenters. The Labute approximate surface area is 206 Å². The summed E-state index contributed by atoms with van der Waals surface area (Å²) in [5.74, 6) is -1.29. The molecule has 0 aliphatic carbocycles. The van der Waals surface area contributed by atoms with Crippen LogP contribution in [0.1, 0.15) is 22.7 Å². The van der Waals surface area contributed by atoms with Crippen molar-refractivity contribution in [1.82, 2.24) is 9.88 Å². The molecule has 6 nitrogen and oxygen atoms in total. The zero-order chi connectivity index (χ0) is 25.1. The Balaban J connectivity index is 1.61. The largest absolute Gasteiger partial charge is 0.507 e. The molecular formula is C29H21FN2O4. The van der Waals surface area contributed by atoms with Gasteiger partial charge in [-0.25, -0.2) is 4.39 Å². The highest BCUT2D eigenvalue weighted by atomic mass is 19.1. The predicted molar refractivity (Wildman–Crippen MR) is 131 cm³/mol. The van der Waals surface area contributed by atoms with Gasteiger partial charge in [0.25, 0.3) is 11.7 Å². The lowest BCUT2D eigenvalue weighted by Gasteiger charge is -2.25. The van der Waals surface area contributed by atoms with E-state index in [0.29, 0.717) is 17.1 Å². The molecule has 1 N–H and O–H groups in total. The second-order valence-corrected chi connectivity index (χ2v) is 8.28. The number of aliphatic hydroxyl groups is 1. The summed E-state index contributed by atoms with van der Waals surface area (Å²) in [5.41, 5.74) is 1.46. The minimum atomic E-state index is -0.894. The molecule has 1 amide bonds. The number of rotatable bonds is 6. The summed E-state index contributed by atoms with van der Waals surface area (Å²) in [5, 5.41) is 11.1. The number of pyridine rings is 1. The Morgan fingerprint density at radius 3 is 2.39 bits per heavy atom. The molecule has 1 aliphatic rings. The van der Waals surface area contributed by atoms with Crippen LogP contribution in [0, 0.1) is 5.82 Å². The molecular weight excluding hydrogens is 459 g/mol. The Hall–Kier alpha value is -4.78. The van der Waals surface area contributed by atoms with E-state index in [-0.39, 0.29) is 23.4 Å². The fraction of sp³-hybridized carbons (Fsp3) is 0.0690. The summed E-state index contributed by atoms with van der Waals surface area (Å²) in [4.78, 5) is 31.9. The smallest absolute Gasteiger partial charge is 0.295 e. The number of carbonyl (C=O) groups excluding carboxylic acids is 2. The first kappa shape index (κ1) is 23.0. The van der Waals surface area contributed by atoms with Gasteiger partial charge in [-0.3, -0.25) is 14.6 Å². The van der Waals surface area contributed by atoms with Crippen LogP contribution < -0.4 is 4.74 Å². The molecule has 0 spiro atoms. The monoisotopic (exact) mass is 480 g/mol. The highest BCUT2D eigenvalue weighted by Gasteiger charge is 2.46. The molecule has 36 heavy (non-hydrogen) atoms. The summed E-state index contributed by atoms with van der Waals surface area (Å²) < 4.78 is 19.4. The number of carbonyl (C=O) groups is 2. The highest BCUT2D eigenvalue weighted by molar-refractivity contribution is 6.46. The molecule has 0 radical (unpaired) electrons. The summed E-state index contributed by atoms with van der Waals surface area (Å²) in [6.07, 6.45) is 3.24. The van der Waals surface area contributed by atoms with Crippen LogP contribution in [-0.4, -0.2) is 26.7 Å². The topological polar surface area (TPSA) is 79.7 Å². The van der Waals surface area contributed by atoms with Crippen LogP contribution in [0.2, 0.25) is 0 Å². The van der Waals surface area contributed by atoms with Crippen molar-refractivity contribution in [2.75, 3.05) is 0 Å². The first-order valence-corrected chi connectivity index (χ1v) is 11.3. The number of likely N-dealkylation sites (tertiary alicyclic amines) is 1. The minimum Gasteiger partial charge on any atom is -0.507 e. The molecule has 1 saturated heterocycles. The third-order valence-corrected chi connectivity index (χ3v) is 5.89. The quantitative estimate of drug-likeness (QED) is 0.220. The number of aliphatic hydroxyl groups excluding tert-OH is 1. The summed E-state index contributed by atoms with van der Waals surface area (Å²) in [7, 11) is 0. The van der Waals surface area contributed by atoms with Crippen molar-refractivity contribution < 1.29 is 23.8 Å². The fourth-order valence-corrected chi connectivity index (χ4v) is 4.21. The third kappa shape index (κ3) is 4.59. The molecule has 7 heteroatoms. The number of aromatic nitrogens is 1. The average Bonchev–Trinajstić information content (AvgIpc) is 3.15. The lowest BCUT2D eigenvalue weighted by molar-refractivity contribution is -0.140. The molecule has 0 bridgehead atoms. The number of ketones is 1. The Morgan fingerprint density at radius 2 is 1.67 bits per heavy atom. The lowest BCUT2D eigenvalue weighted by atomic mass is 9.95. The Kier molecular flexibility index (Phi) is 6.28. The van der Waals surface area contributed by atoms with E-state index in [0.717, 1.165) is 5.56 Å². The van der Waals surface area contributed by atoms with E-state index >= 15 is 0 Å². The van der Waals surface area contributed by atoms with Crippen LogP contribution in [0.3, 0.4) is 0 Å². The zero-order valence-electron chi connectivity index (χ0n) is 19.0. The van der Waals surface area contributed by atoms with E-state index in [1.165, 1.54) is 29.2 Å². The number of ether oxygens (including phenoxy) is 1. The SMILES string of the molecule is O=C1C(=O)N(Cc2cccnc2)C(c2cccc(Oc3ccccc3)c2)/C1=C(\O)c1ccc(F)cc1. The number of nitrogens with zero attached hydrogens (tertiary/aromatic N) is 2. The maximum Gasteiger partial charge on any atom is 0.295 e. The highest BCUT2D eigenvalue weighted by Crippen LogP contribution is 2.41. The second-order valence-electron chi connectivity index (χ2n) is 8.28. The molecule has 2 heterocycles. The van der Waals surface area contributed by atoms with Gasteiger partial charge in [-0.15, -0.1) is 0 Å². The lowest BCUT2D eigenvalue weighted by Crippen LogP contribution is -2.29. The van der Waals surface area contributed by atoms with Gasteiger partial charge in [0.2, 0.25) is 0 Å². The molecule has 3 aromatic carbocycles. The number of benzene rings is 3. The summed E-state index contributed by atoms with van der Waals surface area (Å²) in [6, 6.07) is 24.0. The van der Waals surface area contributed by atoms with E-state index in [9.17, 15) is 19.1 Å². The van der Waals surface area contributed by atoms with E-state index in [2.05, 4.69) is 4.98 Å². The molecule has 1 fully saturated rings. The maximum atomic E-state index is 13.5. The van der Waals surface area contributed by atoms with Crippen molar-refractivity contribution >= 4 is 17.4 Å². The van der Waals surface area contributed by atoms with Gasteiger partial charge in [0.1, 0.15) is 23.1 Å². The van der Waals surface area contributed by atoms with E-state index in [1.54, 1.807) is 48.8 Å². The molecule has 1 atom stereocenters. The molecule has 178 valence electrons. The zero-order valence-corrected chi connectivity index (χ0v) is 19.0. The molecule has 1 aromatic heterocycles. The van der Waals surface area contributed by atoms with Gasteiger partial charge in [0.05, 0.1) is 11.6 Å².